The summed E-state index contributed by atoms with van der Waals surface area (Å²) in [6.45, 7) is 0. The van der Waals surface area contributed by atoms with Crippen LogP contribution in [-0.2, 0) is 0 Å². The first-order valence-corrected chi connectivity index (χ1v) is 0. The molecule has 0 aliphatic rings. The second-order valence-corrected chi connectivity index (χ2v) is 0. The highest BCUT2D eigenvalue weighted by Crippen LogP contribution is 0.694. The van der Waals surface area contributed by atoms with Crippen LogP contribution in [0.25, 0.3) is 0 Å². The van der Waals surface area contributed by atoms with Gasteiger partial charge in [0.05, 0.1) is 0 Å². The SMILES string of the molecule is Cl.Cl.Cl.Cl.Cl.[AlH3]. The lowest BCUT2D eigenvalue weighted by Crippen LogP contribution is -0.381. The summed E-state index contributed by atoms with van der Waals surface area (Å²) in [5.74, 6) is 0. The van der Waals surface area contributed by atoms with E-state index in [1.807, 2.05) is 0 Å². The van der Waals surface area contributed by atoms with Crippen molar-refractivity contribution < 1.29 is 0 Å². The highest BCUT2D eigenvalue weighted by molar-refractivity contribution is 5.86. The zero-order valence-corrected chi connectivity index (χ0v) is 6.12. The van der Waals surface area contributed by atoms with Crippen LogP contribution < -0.4 is 0 Å². The second-order valence-electron chi connectivity index (χ2n) is 0. The Morgan fingerprint density at radius 2 is 0.333 bits per heavy atom. The van der Waals surface area contributed by atoms with Crippen molar-refractivity contribution in [2.75, 3.05) is 0 Å². The summed E-state index contributed by atoms with van der Waals surface area (Å²) in [6, 6.07) is 0. The van der Waals surface area contributed by atoms with Crippen molar-refractivity contribution in [2.24, 2.45) is 0 Å². The van der Waals surface area contributed by atoms with Crippen molar-refractivity contribution in [3.8, 4) is 0 Å². The van der Waals surface area contributed by atoms with Crippen molar-refractivity contribution in [1.29, 1.82) is 0 Å². The number of hydrogen-bond acceptors (Lipinski definition) is 0. The van der Waals surface area contributed by atoms with E-state index >= 15 is 0 Å². The molecule has 0 N–H and O–H groups in total. The Balaban J connectivity index is 0. The van der Waals surface area contributed by atoms with E-state index in [1.165, 1.54) is 0 Å². The van der Waals surface area contributed by atoms with E-state index in [-0.39, 0.29) is 79.4 Å². The quantitative estimate of drug-likeness (QED) is 0.524. The van der Waals surface area contributed by atoms with E-state index in [0.717, 1.165) is 0 Å². The van der Waals surface area contributed by atoms with Crippen LogP contribution in [0.3, 0.4) is 0 Å². The average molecular weight is 212 g/mol. The van der Waals surface area contributed by atoms with Gasteiger partial charge in [-0.3, -0.25) is 0 Å². The van der Waals surface area contributed by atoms with Crippen molar-refractivity contribution in [3.63, 3.8) is 0 Å². The fourth-order valence-corrected chi connectivity index (χ4v) is 0. The van der Waals surface area contributed by atoms with Gasteiger partial charge in [0.2, 0.25) is 0 Å². The first-order chi connectivity index (χ1) is 0. The number of halogens is 5. The molecule has 0 saturated carbocycles. The van der Waals surface area contributed by atoms with Gasteiger partial charge in [0.1, 0.15) is 0 Å². The van der Waals surface area contributed by atoms with E-state index in [2.05, 4.69) is 0 Å². The maximum absolute atomic E-state index is 0. The summed E-state index contributed by atoms with van der Waals surface area (Å²) < 4.78 is 0. The lowest BCUT2D eigenvalue weighted by atomic mass is 27.0. The molecule has 0 nitrogen and oxygen atoms in total. The second kappa shape index (κ2) is 63.6. The van der Waals surface area contributed by atoms with Crippen LogP contribution >= 0.6 is 62.0 Å². The zero-order valence-electron chi connectivity index (χ0n) is 2.04. The number of hydrogen-bond donors (Lipinski definition) is 0. The Hall–Kier alpha value is 1.98. The molecular weight excluding hydrogens is 204 g/mol. The van der Waals surface area contributed by atoms with Gasteiger partial charge >= 0.3 is 0 Å². The normalized spacial score (nSPS) is 0. The minimum atomic E-state index is 0. The molecule has 6 heteroatoms. The standard InChI is InChI=1S/Al.5ClH.3H/h;5*1H;;;. The van der Waals surface area contributed by atoms with Gasteiger partial charge in [-0.05, 0) is 0 Å². The molecule has 0 amide bonds. The molecule has 0 saturated heterocycles. The van der Waals surface area contributed by atoms with Crippen LogP contribution in [0.1, 0.15) is 0 Å². The molecule has 0 aromatic carbocycles. The largest absolute Gasteiger partial charge is 0.187 e. The van der Waals surface area contributed by atoms with E-state index in [1.54, 1.807) is 0 Å². The Bertz CT molecular complexity index is 3.90. The predicted octanol–water partition coefficient (Wildman–Crippen LogP) is 0.925. The number of rotatable bonds is 0. The van der Waals surface area contributed by atoms with Gasteiger partial charge in [0.15, 0.2) is 17.4 Å². The third-order valence-electron chi connectivity index (χ3n) is 0. The van der Waals surface area contributed by atoms with Gasteiger partial charge in [-0.2, -0.15) is 0 Å². The van der Waals surface area contributed by atoms with Crippen LogP contribution in [0.15, 0.2) is 0 Å². The van der Waals surface area contributed by atoms with E-state index in [4.69, 9.17) is 0 Å². The first kappa shape index (κ1) is 99.0. The highest BCUT2D eigenvalue weighted by atomic mass is 35.5. The Kier molecular flexibility index (Phi) is 1050. The fourth-order valence-electron chi connectivity index (χ4n) is 0. The van der Waals surface area contributed by atoms with Crippen molar-refractivity contribution in [2.45, 2.75) is 0 Å². The van der Waals surface area contributed by atoms with Crippen molar-refractivity contribution >= 4 is 79.4 Å². The Labute approximate surface area is 79.0 Å². The molecule has 0 heterocycles. The van der Waals surface area contributed by atoms with Crippen LogP contribution in [0.2, 0.25) is 0 Å². The van der Waals surface area contributed by atoms with Gasteiger partial charge in [-0.25, -0.2) is 0 Å². The highest BCUT2D eigenvalue weighted by Gasteiger charge is 0.187. The molecule has 6 heavy (non-hydrogen) atoms. The smallest absolute Gasteiger partial charge is 0.147 e. The molecule has 0 fully saturated rings. The Morgan fingerprint density at radius 1 is 0.333 bits per heavy atom. The predicted molar refractivity (Wildman–Crippen MR) is 46.2 cm³/mol. The molecule has 0 spiro atoms. The van der Waals surface area contributed by atoms with Gasteiger partial charge in [-0.15, -0.1) is 62.0 Å². The molecule has 0 aromatic rings. The molecule has 0 unspecified atom stereocenters. The van der Waals surface area contributed by atoms with Crippen LogP contribution in [0.5, 0.6) is 0 Å². The molecule has 0 aliphatic carbocycles. The van der Waals surface area contributed by atoms with E-state index < -0.39 is 0 Å². The molecule has 0 aliphatic heterocycles. The van der Waals surface area contributed by atoms with Gasteiger partial charge in [0, 0.05) is 0 Å². The summed E-state index contributed by atoms with van der Waals surface area (Å²) >= 11 is 0. The summed E-state index contributed by atoms with van der Waals surface area (Å²) in [5, 5.41) is 0. The lowest BCUT2D eigenvalue weighted by Gasteiger charge is -0.148. The fraction of sp³-hybridized carbons (Fsp3) is 0. The van der Waals surface area contributed by atoms with Crippen LogP contribution in [-0.4, -0.2) is 17.4 Å². The first-order valence-electron chi connectivity index (χ1n) is 0. The maximum atomic E-state index is 0. The molecule has 0 bridgehead atoms. The van der Waals surface area contributed by atoms with E-state index in [0.29, 0.717) is 0 Å². The third kappa shape index (κ3) is 37.8. The molecular formula is H8AlCl5. The summed E-state index contributed by atoms with van der Waals surface area (Å²) in [5.41, 5.74) is 0. The maximum Gasteiger partial charge on any atom is 0.187 e. The van der Waals surface area contributed by atoms with Crippen LogP contribution in [0, 0.1) is 0 Å². The monoisotopic (exact) mass is 210 g/mol. The molecule has 0 aromatic heterocycles. The minimum Gasteiger partial charge on any atom is -0.147 e. The summed E-state index contributed by atoms with van der Waals surface area (Å²) in [7, 11) is 0. The Morgan fingerprint density at radius 3 is 0.333 bits per heavy atom. The van der Waals surface area contributed by atoms with Gasteiger partial charge < -0.3 is 0 Å². The summed E-state index contributed by atoms with van der Waals surface area (Å²) in [4.78, 5) is 0. The van der Waals surface area contributed by atoms with Gasteiger partial charge in [0.25, 0.3) is 0 Å². The minimum absolute atomic E-state index is 0. The lowest BCUT2D eigenvalue weighted by molar-refractivity contribution is 5.75. The zero-order chi connectivity index (χ0) is 0. The average Bonchev–Trinajstić information content (AvgIpc) is 0. The third-order valence-corrected chi connectivity index (χ3v) is 0. The summed E-state index contributed by atoms with van der Waals surface area (Å²) in [6.07, 6.45) is 0. The molecule has 0 atom stereocenters. The molecule has 46 valence electrons. The topological polar surface area (TPSA) is 0 Å². The molecule has 0 rings (SSSR count). The molecule has 0 radical (unpaired) electrons. The van der Waals surface area contributed by atoms with E-state index in [9.17, 15) is 0 Å². The van der Waals surface area contributed by atoms with Gasteiger partial charge in [-0.1, -0.05) is 0 Å². The van der Waals surface area contributed by atoms with Crippen molar-refractivity contribution in [3.05, 3.63) is 0 Å². The van der Waals surface area contributed by atoms with Crippen LogP contribution in [0.4, 0.5) is 0 Å². The van der Waals surface area contributed by atoms with Crippen molar-refractivity contribution in [1.82, 2.24) is 0 Å².